The largest absolute Gasteiger partial charge is 0.330 e. The Balaban J connectivity index is 3.04. The average molecular weight is 322 g/mol. The molecule has 2 atom stereocenters. The van der Waals surface area contributed by atoms with Gasteiger partial charge in [-0.1, -0.05) is 37.9 Å². The van der Waals surface area contributed by atoms with Crippen LogP contribution in [0.15, 0.2) is 27.1 Å². The zero-order chi connectivity index (χ0) is 10.7. The lowest BCUT2D eigenvalue weighted by Crippen LogP contribution is -2.30. The van der Waals surface area contributed by atoms with E-state index in [0.29, 0.717) is 6.54 Å². The van der Waals surface area contributed by atoms with E-state index in [1.807, 2.05) is 19.1 Å². The molecule has 0 heterocycles. The minimum Gasteiger partial charge on any atom is -0.330 e. The fourth-order valence-electron chi connectivity index (χ4n) is 1.43. The molecule has 78 valence electrons. The standard InChI is InChI=1S/C10H14Br2N2/c1-6(14)9(5-13)8-3-2-7(11)4-10(8)12/h2-4,6,9H,5,13-14H2,1H3. The van der Waals surface area contributed by atoms with Gasteiger partial charge in [-0.05, 0) is 24.6 Å². The Morgan fingerprint density at radius 3 is 2.43 bits per heavy atom. The maximum Gasteiger partial charge on any atom is 0.0222 e. The summed E-state index contributed by atoms with van der Waals surface area (Å²) < 4.78 is 2.10. The highest BCUT2D eigenvalue weighted by Crippen LogP contribution is 2.28. The molecule has 0 saturated carbocycles. The summed E-state index contributed by atoms with van der Waals surface area (Å²) in [5, 5.41) is 0. The lowest BCUT2D eigenvalue weighted by molar-refractivity contribution is 0.575. The summed E-state index contributed by atoms with van der Waals surface area (Å²) in [6.07, 6.45) is 0. The van der Waals surface area contributed by atoms with E-state index in [4.69, 9.17) is 11.5 Å². The molecule has 0 aliphatic carbocycles. The summed E-state index contributed by atoms with van der Waals surface area (Å²) >= 11 is 6.93. The van der Waals surface area contributed by atoms with Gasteiger partial charge >= 0.3 is 0 Å². The monoisotopic (exact) mass is 320 g/mol. The molecule has 0 bridgehead atoms. The number of halogens is 2. The van der Waals surface area contributed by atoms with Gasteiger partial charge in [-0.15, -0.1) is 0 Å². The van der Waals surface area contributed by atoms with Crippen LogP contribution >= 0.6 is 31.9 Å². The van der Waals surface area contributed by atoms with Gasteiger partial charge in [0.05, 0.1) is 0 Å². The van der Waals surface area contributed by atoms with Gasteiger partial charge in [0.15, 0.2) is 0 Å². The molecule has 0 amide bonds. The van der Waals surface area contributed by atoms with Crippen LogP contribution in [0.1, 0.15) is 18.4 Å². The van der Waals surface area contributed by atoms with Gasteiger partial charge in [-0.25, -0.2) is 0 Å². The van der Waals surface area contributed by atoms with Crippen molar-refractivity contribution in [1.82, 2.24) is 0 Å². The lowest BCUT2D eigenvalue weighted by atomic mass is 9.93. The van der Waals surface area contributed by atoms with E-state index in [9.17, 15) is 0 Å². The van der Waals surface area contributed by atoms with Crippen LogP contribution in [0.5, 0.6) is 0 Å². The highest BCUT2D eigenvalue weighted by Gasteiger charge is 2.16. The van der Waals surface area contributed by atoms with Gasteiger partial charge in [0, 0.05) is 27.4 Å². The van der Waals surface area contributed by atoms with Crippen molar-refractivity contribution in [3.05, 3.63) is 32.7 Å². The van der Waals surface area contributed by atoms with E-state index < -0.39 is 0 Å². The number of hydrogen-bond donors (Lipinski definition) is 2. The number of hydrogen-bond acceptors (Lipinski definition) is 2. The summed E-state index contributed by atoms with van der Waals surface area (Å²) in [6, 6.07) is 6.14. The second-order valence-corrected chi connectivity index (χ2v) is 5.14. The van der Waals surface area contributed by atoms with Crippen molar-refractivity contribution in [1.29, 1.82) is 0 Å². The van der Waals surface area contributed by atoms with Crippen molar-refractivity contribution in [2.24, 2.45) is 11.5 Å². The van der Waals surface area contributed by atoms with Gasteiger partial charge < -0.3 is 11.5 Å². The van der Waals surface area contributed by atoms with Crippen molar-refractivity contribution < 1.29 is 0 Å². The zero-order valence-electron chi connectivity index (χ0n) is 8.00. The Bertz CT molecular complexity index is 313. The van der Waals surface area contributed by atoms with Gasteiger partial charge in [-0.3, -0.25) is 0 Å². The fraction of sp³-hybridized carbons (Fsp3) is 0.400. The minimum atomic E-state index is 0.0671. The van der Waals surface area contributed by atoms with Crippen LogP contribution in [-0.2, 0) is 0 Å². The van der Waals surface area contributed by atoms with Gasteiger partial charge in [0.2, 0.25) is 0 Å². The van der Waals surface area contributed by atoms with Crippen LogP contribution < -0.4 is 11.5 Å². The Labute approximate surface area is 101 Å². The highest BCUT2D eigenvalue weighted by atomic mass is 79.9. The van der Waals surface area contributed by atoms with Crippen LogP contribution in [0.25, 0.3) is 0 Å². The summed E-state index contributed by atoms with van der Waals surface area (Å²) in [5.41, 5.74) is 12.7. The maximum absolute atomic E-state index is 5.87. The second kappa shape index (κ2) is 5.26. The summed E-state index contributed by atoms with van der Waals surface area (Å²) in [5.74, 6) is 0.206. The second-order valence-electron chi connectivity index (χ2n) is 3.37. The first-order valence-electron chi connectivity index (χ1n) is 4.47. The fourth-order valence-corrected chi connectivity index (χ4v) is 2.77. The first-order chi connectivity index (χ1) is 6.56. The molecule has 0 fully saturated rings. The van der Waals surface area contributed by atoms with E-state index in [1.165, 1.54) is 5.56 Å². The van der Waals surface area contributed by atoms with Crippen molar-refractivity contribution in [2.75, 3.05) is 6.54 Å². The van der Waals surface area contributed by atoms with Crippen LogP contribution in [-0.4, -0.2) is 12.6 Å². The Hall–Kier alpha value is 0.1000. The Morgan fingerprint density at radius 1 is 1.36 bits per heavy atom. The zero-order valence-corrected chi connectivity index (χ0v) is 11.2. The molecule has 2 unspecified atom stereocenters. The smallest absolute Gasteiger partial charge is 0.0222 e. The molecule has 0 aliphatic rings. The highest BCUT2D eigenvalue weighted by molar-refractivity contribution is 9.11. The van der Waals surface area contributed by atoms with Crippen LogP contribution in [0.2, 0.25) is 0 Å². The summed E-state index contributed by atoms with van der Waals surface area (Å²) in [4.78, 5) is 0. The molecule has 1 aromatic carbocycles. The molecule has 14 heavy (non-hydrogen) atoms. The molecule has 0 radical (unpaired) electrons. The molecule has 0 spiro atoms. The number of nitrogens with two attached hydrogens (primary N) is 2. The third-order valence-corrected chi connectivity index (χ3v) is 3.43. The summed E-state index contributed by atoms with van der Waals surface area (Å²) in [6.45, 7) is 2.55. The Morgan fingerprint density at radius 2 is 2.00 bits per heavy atom. The van der Waals surface area contributed by atoms with Crippen LogP contribution in [0.4, 0.5) is 0 Å². The molecule has 4 heteroatoms. The first-order valence-corrected chi connectivity index (χ1v) is 6.05. The molecule has 2 nitrogen and oxygen atoms in total. The molecular weight excluding hydrogens is 308 g/mol. The van der Waals surface area contributed by atoms with E-state index in [0.717, 1.165) is 8.95 Å². The summed E-state index contributed by atoms with van der Waals surface area (Å²) in [7, 11) is 0. The molecule has 4 N–H and O–H groups in total. The molecule has 1 rings (SSSR count). The minimum absolute atomic E-state index is 0.0671. The number of benzene rings is 1. The van der Waals surface area contributed by atoms with Crippen molar-refractivity contribution in [2.45, 2.75) is 18.9 Å². The first kappa shape index (κ1) is 12.2. The predicted molar refractivity (Wildman–Crippen MR) is 67.3 cm³/mol. The van der Waals surface area contributed by atoms with Crippen molar-refractivity contribution in [3.8, 4) is 0 Å². The van der Waals surface area contributed by atoms with E-state index in [1.54, 1.807) is 0 Å². The molecule has 1 aromatic rings. The van der Waals surface area contributed by atoms with Crippen LogP contribution in [0, 0.1) is 0 Å². The molecular formula is C10H14Br2N2. The van der Waals surface area contributed by atoms with Crippen molar-refractivity contribution in [3.63, 3.8) is 0 Å². The topological polar surface area (TPSA) is 52.0 Å². The quantitative estimate of drug-likeness (QED) is 0.899. The SMILES string of the molecule is CC(N)C(CN)c1ccc(Br)cc1Br. The van der Waals surface area contributed by atoms with Crippen LogP contribution in [0.3, 0.4) is 0 Å². The molecule has 0 aromatic heterocycles. The predicted octanol–water partition coefficient (Wildman–Crippen LogP) is 2.60. The van der Waals surface area contributed by atoms with Gasteiger partial charge in [0.25, 0.3) is 0 Å². The molecule has 0 aliphatic heterocycles. The lowest BCUT2D eigenvalue weighted by Gasteiger charge is -2.20. The van der Waals surface area contributed by atoms with Gasteiger partial charge in [-0.2, -0.15) is 0 Å². The van der Waals surface area contributed by atoms with E-state index in [2.05, 4.69) is 37.9 Å². The third kappa shape index (κ3) is 2.79. The third-order valence-electron chi connectivity index (χ3n) is 2.25. The number of rotatable bonds is 3. The maximum atomic E-state index is 5.87. The van der Waals surface area contributed by atoms with E-state index >= 15 is 0 Å². The Kier molecular flexibility index (Phi) is 4.57. The average Bonchev–Trinajstić information content (AvgIpc) is 2.09. The van der Waals surface area contributed by atoms with E-state index in [-0.39, 0.29) is 12.0 Å². The normalized spacial score (nSPS) is 15.2. The van der Waals surface area contributed by atoms with Gasteiger partial charge in [0.1, 0.15) is 0 Å². The molecule has 0 saturated heterocycles. The van der Waals surface area contributed by atoms with Crippen molar-refractivity contribution >= 4 is 31.9 Å².